The van der Waals surface area contributed by atoms with Gasteiger partial charge in [0.15, 0.2) is 5.78 Å². The van der Waals surface area contributed by atoms with E-state index in [2.05, 4.69) is 10.2 Å². The summed E-state index contributed by atoms with van der Waals surface area (Å²) in [6, 6.07) is 17.7. The Balaban J connectivity index is 1.43. The Labute approximate surface area is 249 Å². The van der Waals surface area contributed by atoms with Gasteiger partial charge in [0.2, 0.25) is 0 Å². The average Bonchev–Trinajstić information content (AvgIpc) is 3.38. The minimum Gasteiger partial charge on any atom is -0.457 e. The van der Waals surface area contributed by atoms with E-state index in [0.717, 1.165) is 35.9 Å². The zero-order valence-corrected chi connectivity index (χ0v) is 25.0. The molecule has 7 N–H and O–H groups in total. The molecule has 2 aliphatic rings. The number of carbonyl (C=O) groups is 2. The number of thiophene rings is 1. The fraction of sp³-hybridized carbons (Fsp3) is 0.333. The van der Waals surface area contributed by atoms with Crippen molar-refractivity contribution in [1.82, 2.24) is 10.2 Å². The van der Waals surface area contributed by atoms with E-state index in [1.165, 1.54) is 11.3 Å². The summed E-state index contributed by atoms with van der Waals surface area (Å²) in [5.41, 5.74) is 21.8. The van der Waals surface area contributed by atoms with Crippen molar-refractivity contribution in [2.45, 2.75) is 56.3 Å². The van der Waals surface area contributed by atoms with E-state index >= 15 is 0 Å². The van der Waals surface area contributed by atoms with Crippen molar-refractivity contribution < 1.29 is 14.3 Å². The van der Waals surface area contributed by atoms with Crippen LogP contribution in [0, 0.1) is 6.92 Å². The van der Waals surface area contributed by atoms with Crippen molar-refractivity contribution in [3.63, 3.8) is 0 Å². The standard InChI is InChI=1S/C33H37N5O3S/c1-18-17-20(41-19-9-5-4-6-10-19)13-14-21(18)33(36)22-15-16-23(34)29-26(22)27(28(35)31(33)39)30(42-29)32(40)37-24-11-7-8-12-25(24)38(2)3/h4-6,9-10,13-17,24-25,28H,7-8,11-12,34-36H2,1-3H3,(H,37,40)/t24-,25+,28?,33?/m0/s1. The van der Waals surface area contributed by atoms with E-state index in [9.17, 15) is 9.59 Å². The molecule has 3 aromatic carbocycles. The smallest absolute Gasteiger partial charge is 0.262 e. The van der Waals surface area contributed by atoms with Crippen molar-refractivity contribution in [3.8, 4) is 11.5 Å². The summed E-state index contributed by atoms with van der Waals surface area (Å²) in [7, 11) is 4.09. The molecule has 1 saturated carbocycles. The second kappa shape index (κ2) is 10.8. The van der Waals surface area contributed by atoms with Crippen molar-refractivity contribution >= 4 is 38.8 Å². The highest BCUT2D eigenvalue weighted by molar-refractivity contribution is 7.21. The molecule has 9 heteroatoms. The summed E-state index contributed by atoms with van der Waals surface area (Å²) in [5.74, 6) is 0.760. The molecule has 0 spiro atoms. The van der Waals surface area contributed by atoms with E-state index in [1.807, 2.05) is 69.6 Å². The third-order valence-corrected chi connectivity index (χ3v) is 10.1. The van der Waals surface area contributed by atoms with Gasteiger partial charge in [0, 0.05) is 28.7 Å². The molecule has 0 bridgehead atoms. The van der Waals surface area contributed by atoms with E-state index in [4.69, 9.17) is 21.9 Å². The Kier molecular flexibility index (Phi) is 7.31. The fourth-order valence-corrected chi connectivity index (χ4v) is 7.93. The van der Waals surface area contributed by atoms with Crippen LogP contribution in [-0.4, -0.2) is 42.8 Å². The van der Waals surface area contributed by atoms with Crippen LogP contribution < -0.4 is 27.3 Å². The molecule has 1 heterocycles. The van der Waals surface area contributed by atoms with Crippen LogP contribution in [0.25, 0.3) is 10.1 Å². The number of nitrogens with two attached hydrogens (primary N) is 3. The number of rotatable bonds is 6. The van der Waals surface area contributed by atoms with E-state index in [1.54, 1.807) is 12.1 Å². The predicted molar refractivity (Wildman–Crippen MR) is 168 cm³/mol. The number of Topliss-reactive ketones (excluding diaryl/α,β-unsaturated/α-hetero) is 1. The molecule has 2 aliphatic carbocycles. The maximum absolute atomic E-state index is 14.2. The molecule has 218 valence electrons. The zero-order chi connectivity index (χ0) is 29.8. The molecule has 1 fully saturated rings. The van der Waals surface area contributed by atoms with Gasteiger partial charge in [-0.15, -0.1) is 11.3 Å². The molecule has 1 amide bonds. The third kappa shape index (κ3) is 4.57. The molecule has 2 unspecified atom stereocenters. The minimum absolute atomic E-state index is 0.0128. The Hall–Kier alpha value is -3.76. The topological polar surface area (TPSA) is 137 Å². The number of hydrogen-bond acceptors (Lipinski definition) is 8. The largest absolute Gasteiger partial charge is 0.457 e. The van der Waals surface area contributed by atoms with Crippen molar-refractivity contribution in [1.29, 1.82) is 0 Å². The van der Waals surface area contributed by atoms with Gasteiger partial charge in [-0.25, -0.2) is 0 Å². The van der Waals surface area contributed by atoms with Gasteiger partial charge in [0.1, 0.15) is 17.0 Å². The number of nitrogen functional groups attached to an aromatic ring is 1. The molecule has 1 aromatic heterocycles. The first-order valence-electron chi connectivity index (χ1n) is 14.4. The quantitative estimate of drug-likeness (QED) is 0.235. The monoisotopic (exact) mass is 583 g/mol. The molecule has 0 saturated heterocycles. The maximum atomic E-state index is 14.2. The van der Waals surface area contributed by atoms with Gasteiger partial charge in [-0.3, -0.25) is 9.59 Å². The van der Waals surface area contributed by atoms with Crippen molar-refractivity contribution in [3.05, 3.63) is 87.8 Å². The minimum atomic E-state index is -1.53. The number of benzene rings is 3. The molecule has 4 aromatic rings. The predicted octanol–water partition coefficient (Wildman–Crippen LogP) is 4.97. The summed E-state index contributed by atoms with van der Waals surface area (Å²) in [6.45, 7) is 1.91. The number of carbonyl (C=O) groups excluding carboxylic acids is 2. The third-order valence-electron chi connectivity index (χ3n) is 8.83. The highest BCUT2D eigenvalue weighted by Crippen LogP contribution is 2.50. The normalized spacial score (nSPS) is 23.8. The lowest BCUT2D eigenvalue weighted by Gasteiger charge is -2.38. The number of nitrogens with one attached hydrogen (secondary N) is 1. The molecular formula is C33H37N5O3S. The van der Waals surface area contributed by atoms with Gasteiger partial charge < -0.3 is 32.2 Å². The first-order valence-corrected chi connectivity index (χ1v) is 15.2. The highest BCUT2D eigenvalue weighted by atomic mass is 32.1. The highest BCUT2D eigenvalue weighted by Gasteiger charge is 2.49. The van der Waals surface area contributed by atoms with Crippen LogP contribution in [0.3, 0.4) is 0 Å². The Bertz CT molecular complexity index is 1680. The number of anilines is 1. The summed E-state index contributed by atoms with van der Waals surface area (Å²) in [4.78, 5) is 30.7. The van der Waals surface area contributed by atoms with Gasteiger partial charge >= 0.3 is 0 Å². The summed E-state index contributed by atoms with van der Waals surface area (Å²) in [6.07, 6.45) is 4.13. The number of amides is 1. The van der Waals surface area contributed by atoms with E-state index in [-0.39, 0.29) is 23.8 Å². The number of ketones is 1. The van der Waals surface area contributed by atoms with E-state index < -0.39 is 11.6 Å². The zero-order valence-electron chi connectivity index (χ0n) is 24.1. The second-order valence-electron chi connectivity index (χ2n) is 11.7. The molecule has 42 heavy (non-hydrogen) atoms. The molecule has 0 aliphatic heterocycles. The number of para-hydroxylation sites is 1. The van der Waals surface area contributed by atoms with Crippen LogP contribution in [0.5, 0.6) is 11.5 Å². The van der Waals surface area contributed by atoms with E-state index in [0.29, 0.717) is 44.1 Å². The first-order chi connectivity index (χ1) is 20.1. The van der Waals surface area contributed by atoms with Crippen LogP contribution in [0.4, 0.5) is 5.69 Å². The summed E-state index contributed by atoms with van der Waals surface area (Å²) in [5, 5.41) is 3.97. The SMILES string of the molecule is Cc1cc(Oc2ccccc2)ccc1C1(N)C(=O)C(N)c2c(C(=O)N[C@H]3CCCC[C@H]3N(C)C)sc3c(N)ccc1c23. The lowest BCUT2D eigenvalue weighted by atomic mass is 9.69. The Morgan fingerprint density at radius 2 is 1.74 bits per heavy atom. The van der Waals surface area contributed by atoms with Gasteiger partial charge in [-0.2, -0.15) is 0 Å². The first kappa shape index (κ1) is 28.4. The molecule has 6 rings (SSSR count). The van der Waals surface area contributed by atoms with Crippen LogP contribution in [-0.2, 0) is 10.3 Å². The average molecular weight is 584 g/mol. The Morgan fingerprint density at radius 1 is 1.02 bits per heavy atom. The van der Waals surface area contributed by atoms with Crippen molar-refractivity contribution in [2.24, 2.45) is 11.5 Å². The molecule has 8 nitrogen and oxygen atoms in total. The number of likely N-dealkylation sites (N-methyl/N-ethyl adjacent to an activating group) is 1. The maximum Gasteiger partial charge on any atom is 0.262 e. The van der Waals surface area contributed by atoms with Crippen LogP contribution >= 0.6 is 11.3 Å². The molecular weight excluding hydrogens is 546 g/mol. The lowest BCUT2D eigenvalue weighted by Crippen LogP contribution is -2.53. The van der Waals surface area contributed by atoms with Crippen LogP contribution in [0.2, 0.25) is 0 Å². The van der Waals surface area contributed by atoms with Gasteiger partial charge in [0.05, 0.1) is 15.6 Å². The number of nitrogens with zero attached hydrogens (tertiary/aromatic N) is 1. The van der Waals surface area contributed by atoms with Gasteiger partial charge in [-0.05, 0) is 80.9 Å². The Morgan fingerprint density at radius 3 is 2.45 bits per heavy atom. The van der Waals surface area contributed by atoms with Gasteiger partial charge in [-0.1, -0.05) is 43.2 Å². The number of ether oxygens (including phenoxy) is 1. The molecule has 0 radical (unpaired) electrons. The second-order valence-corrected chi connectivity index (χ2v) is 12.7. The lowest BCUT2D eigenvalue weighted by molar-refractivity contribution is -0.124. The van der Waals surface area contributed by atoms with Crippen LogP contribution in [0.1, 0.15) is 63.7 Å². The van der Waals surface area contributed by atoms with Crippen LogP contribution in [0.15, 0.2) is 60.7 Å². The summed E-state index contributed by atoms with van der Waals surface area (Å²) < 4.78 is 6.74. The van der Waals surface area contributed by atoms with Crippen molar-refractivity contribution in [2.75, 3.05) is 19.8 Å². The fourth-order valence-electron chi connectivity index (χ4n) is 6.73. The summed E-state index contributed by atoms with van der Waals surface area (Å²) >= 11 is 1.29. The van der Waals surface area contributed by atoms with Gasteiger partial charge in [0.25, 0.3) is 5.91 Å². The number of hydrogen-bond donors (Lipinski definition) is 4. The molecule has 4 atom stereocenters. The number of aryl methyl sites for hydroxylation is 1.